The number of nitrogens with one attached hydrogen (secondary N) is 3. The first-order valence-corrected chi connectivity index (χ1v) is 15.6. The van der Waals surface area contributed by atoms with Gasteiger partial charge in [-0.15, -0.1) is 23.2 Å². The van der Waals surface area contributed by atoms with Crippen molar-refractivity contribution in [1.82, 2.24) is 0 Å². The molecule has 1 saturated carbocycles. The van der Waals surface area contributed by atoms with Gasteiger partial charge in [-0.25, -0.2) is 22.0 Å². The molecule has 16 heteroatoms. The summed E-state index contributed by atoms with van der Waals surface area (Å²) in [6.07, 6.45) is -0.655. The Morgan fingerprint density at radius 3 is 2.27 bits per heavy atom. The Balaban J connectivity index is 1.29. The predicted molar refractivity (Wildman–Crippen MR) is 176 cm³/mol. The van der Waals surface area contributed by atoms with Gasteiger partial charge < -0.3 is 16.0 Å². The van der Waals surface area contributed by atoms with Crippen LogP contribution < -0.4 is 16.0 Å². The fourth-order valence-corrected chi connectivity index (χ4v) is 6.23. The molecule has 0 aliphatic heterocycles. The first-order chi connectivity index (χ1) is 23.0. The van der Waals surface area contributed by atoms with Gasteiger partial charge in [-0.1, -0.05) is 36.7 Å². The molecule has 0 heterocycles. The second kappa shape index (κ2) is 13.8. The molecule has 2 amide bonds. The Hall–Kier alpha value is -4.46. The highest BCUT2D eigenvalue weighted by Gasteiger charge is 2.67. The van der Waals surface area contributed by atoms with E-state index in [9.17, 15) is 37.3 Å². The quantitative estimate of drug-likeness (QED) is 0.0614. The number of hydrogen-bond acceptors (Lipinski definition) is 5. The highest BCUT2D eigenvalue weighted by atomic mass is 35.5. The monoisotopic (exact) mass is 740 g/mol. The van der Waals surface area contributed by atoms with Crippen LogP contribution in [-0.2, 0) is 17.3 Å². The van der Waals surface area contributed by atoms with E-state index in [4.69, 9.17) is 34.8 Å². The van der Waals surface area contributed by atoms with Crippen LogP contribution in [0.15, 0.2) is 72.8 Å². The van der Waals surface area contributed by atoms with Gasteiger partial charge in [0, 0.05) is 36.7 Å². The van der Waals surface area contributed by atoms with Crippen molar-refractivity contribution < 1.29 is 36.5 Å². The topological polar surface area (TPSA) is 113 Å². The largest absolute Gasteiger partial charge is 0.376 e. The highest BCUT2D eigenvalue weighted by molar-refractivity contribution is 6.53. The second-order valence-electron chi connectivity index (χ2n) is 11.1. The summed E-state index contributed by atoms with van der Waals surface area (Å²) >= 11 is 19.0. The number of carbonyl (C=O) groups excluding carboxylic acids is 2. The number of non-ortho nitro benzene ring substituents is 1. The smallest absolute Gasteiger partial charge is 0.275 e. The van der Waals surface area contributed by atoms with E-state index >= 15 is 4.39 Å². The molecule has 256 valence electrons. The molecular weight excluding hydrogens is 718 g/mol. The summed E-state index contributed by atoms with van der Waals surface area (Å²) in [5.41, 5.74) is -1.51. The van der Waals surface area contributed by atoms with E-state index in [-0.39, 0.29) is 34.1 Å². The van der Waals surface area contributed by atoms with Crippen molar-refractivity contribution >= 4 is 69.4 Å². The summed E-state index contributed by atoms with van der Waals surface area (Å²) < 4.78 is 71.0. The number of halogens is 8. The number of nitrogens with zero attached hydrogens (tertiary/aromatic N) is 1. The van der Waals surface area contributed by atoms with Gasteiger partial charge in [0.05, 0.1) is 32.7 Å². The Labute approximate surface area is 290 Å². The van der Waals surface area contributed by atoms with Gasteiger partial charge in [0.1, 0.15) is 21.7 Å². The summed E-state index contributed by atoms with van der Waals surface area (Å²) in [4.78, 5) is 36.6. The average molecular weight is 742 g/mol. The zero-order chi connectivity index (χ0) is 35.8. The molecular formula is C33H24Cl3F5N4O4. The van der Waals surface area contributed by atoms with E-state index in [1.807, 2.05) is 0 Å². The van der Waals surface area contributed by atoms with Gasteiger partial charge in [0.25, 0.3) is 17.5 Å². The van der Waals surface area contributed by atoms with E-state index < -0.39 is 79.6 Å². The molecule has 5 rings (SSSR count). The van der Waals surface area contributed by atoms with Crippen LogP contribution in [0.3, 0.4) is 0 Å². The number of rotatable bonds is 11. The van der Waals surface area contributed by atoms with E-state index in [2.05, 4.69) is 16.0 Å². The van der Waals surface area contributed by atoms with Crippen molar-refractivity contribution in [3.8, 4) is 0 Å². The number of alkyl halides is 4. The lowest BCUT2D eigenvalue weighted by atomic mass is 9.99. The van der Waals surface area contributed by atoms with Crippen molar-refractivity contribution in [3.05, 3.63) is 128 Å². The summed E-state index contributed by atoms with van der Waals surface area (Å²) in [5.74, 6) is -10.4. The molecule has 0 spiro atoms. The minimum absolute atomic E-state index is 0.0525. The number of amides is 2. The van der Waals surface area contributed by atoms with Crippen molar-refractivity contribution in [3.63, 3.8) is 0 Å². The Morgan fingerprint density at radius 1 is 0.939 bits per heavy atom. The molecule has 1 fully saturated rings. The van der Waals surface area contributed by atoms with Crippen molar-refractivity contribution in [2.75, 3.05) is 16.0 Å². The van der Waals surface area contributed by atoms with Gasteiger partial charge in [0.15, 0.2) is 5.82 Å². The molecule has 4 aromatic carbocycles. The van der Waals surface area contributed by atoms with Crippen LogP contribution in [0.2, 0.25) is 5.02 Å². The molecule has 8 nitrogen and oxygen atoms in total. The second-order valence-corrected chi connectivity index (χ2v) is 13.0. The summed E-state index contributed by atoms with van der Waals surface area (Å²) in [7, 11) is 0. The summed E-state index contributed by atoms with van der Waals surface area (Å²) in [6, 6.07) is 14.0. The fraction of sp³-hybridized carbons (Fsp3) is 0.212. The van der Waals surface area contributed by atoms with Crippen LogP contribution in [0.1, 0.15) is 46.3 Å². The molecule has 1 aliphatic carbocycles. The zero-order valence-corrected chi connectivity index (χ0v) is 27.4. The first-order valence-electron chi connectivity index (χ1n) is 14.5. The third-order valence-corrected chi connectivity index (χ3v) is 9.23. The molecule has 4 aromatic rings. The van der Waals surface area contributed by atoms with Gasteiger partial charge in [-0.2, -0.15) is 0 Å². The van der Waals surface area contributed by atoms with E-state index in [0.29, 0.717) is 5.56 Å². The Morgan fingerprint density at radius 2 is 1.61 bits per heavy atom. The summed E-state index contributed by atoms with van der Waals surface area (Å²) in [5, 5.41) is 18.2. The third-order valence-electron chi connectivity index (χ3n) is 7.96. The maximum atomic E-state index is 15.3. The van der Waals surface area contributed by atoms with Gasteiger partial charge in [0.2, 0.25) is 5.91 Å². The number of benzene rings is 4. The van der Waals surface area contributed by atoms with Crippen molar-refractivity contribution in [1.29, 1.82) is 0 Å². The average Bonchev–Trinajstić information content (AvgIpc) is 3.64. The van der Waals surface area contributed by atoms with Crippen LogP contribution in [-0.4, -0.2) is 21.1 Å². The minimum atomic E-state index is -3.46. The van der Waals surface area contributed by atoms with Crippen LogP contribution >= 0.6 is 34.8 Å². The lowest BCUT2D eigenvalue weighted by molar-refractivity contribution is -0.384. The normalized spacial score (nSPS) is 16.5. The Bertz CT molecular complexity index is 1960. The van der Waals surface area contributed by atoms with Gasteiger partial charge in [-0.3, -0.25) is 19.7 Å². The number of carbonyl (C=O) groups is 2. The predicted octanol–water partition coefficient (Wildman–Crippen LogP) is 9.56. The standard InChI is InChI=1S/C33H24Cl3F5N4O4/c1-2-32(40,41)21-13-17(5-10-23(21)37)26-27(33(26,35)36)31(47)43-18-6-9-22(34)20(14-18)30(46)44-25-12-11-24(38)29(28(25)39)42-15-16-3-7-19(8-4-16)45(48)49/h3-14,26-27,42H,2,15H2,1H3,(H,43,47)(H,44,46)/t26-,27+/m0/s1. The molecule has 0 unspecified atom stereocenters. The third kappa shape index (κ3) is 7.43. The number of hydrogen-bond donors (Lipinski definition) is 3. The lowest BCUT2D eigenvalue weighted by Gasteiger charge is -2.16. The zero-order valence-electron chi connectivity index (χ0n) is 25.1. The highest BCUT2D eigenvalue weighted by Crippen LogP contribution is 2.65. The van der Waals surface area contributed by atoms with E-state index in [0.717, 1.165) is 24.3 Å². The maximum absolute atomic E-state index is 15.3. The van der Waals surface area contributed by atoms with Crippen LogP contribution in [0.4, 0.5) is 44.7 Å². The SMILES string of the molecule is CCC(F)(F)c1cc([C@H]2[C@H](C(=O)Nc3ccc(Cl)c(C(=O)Nc4ccc(F)c(NCc5ccc([N+](=O)[O-])cc5)c4F)c3)C2(Cl)Cl)ccc1F. The number of nitro benzene ring substituents is 1. The van der Waals surface area contributed by atoms with E-state index in [1.165, 1.54) is 55.5 Å². The molecule has 2 atom stereocenters. The molecule has 1 aliphatic rings. The molecule has 3 N–H and O–H groups in total. The molecule has 0 bridgehead atoms. The van der Waals surface area contributed by atoms with Crippen molar-refractivity contribution in [2.45, 2.75) is 36.1 Å². The van der Waals surface area contributed by atoms with Crippen LogP contribution in [0, 0.1) is 33.5 Å². The van der Waals surface area contributed by atoms with Crippen molar-refractivity contribution in [2.24, 2.45) is 5.92 Å². The molecule has 49 heavy (non-hydrogen) atoms. The van der Waals surface area contributed by atoms with E-state index in [1.54, 1.807) is 0 Å². The van der Waals surface area contributed by atoms with Crippen LogP contribution in [0.5, 0.6) is 0 Å². The molecule has 0 aromatic heterocycles. The maximum Gasteiger partial charge on any atom is 0.275 e. The van der Waals surface area contributed by atoms with Crippen LogP contribution in [0.25, 0.3) is 0 Å². The van der Waals surface area contributed by atoms with Gasteiger partial charge in [-0.05, 0) is 53.6 Å². The Kier molecular flexibility index (Phi) is 10.1. The fourth-order valence-electron chi connectivity index (χ4n) is 5.20. The molecule has 0 saturated heterocycles. The number of nitro groups is 1. The van der Waals surface area contributed by atoms with Gasteiger partial charge >= 0.3 is 0 Å². The minimum Gasteiger partial charge on any atom is -0.376 e. The number of anilines is 3. The molecule has 0 radical (unpaired) electrons. The summed E-state index contributed by atoms with van der Waals surface area (Å²) in [6.45, 7) is 1.10. The first kappa shape index (κ1) is 35.8. The lowest BCUT2D eigenvalue weighted by Crippen LogP contribution is -2.19.